The average molecular weight is 951 g/mol. The predicted octanol–water partition coefficient (Wildman–Crippen LogP) is 0.905. The average Bonchev–Trinajstić information content (AvgIpc) is 3.78. The topological polar surface area (TPSA) is 349 Å². The maximum absolute atomic E-state index is 12.5. The van der Waals surface area contributed by atoms with Gasteiger partial charge < -0.3 is 35.6 Å². The first-order chi connectivity index (χ1) is 31.4. The molecule has 1 aromatic carbocycles. The van der Waals surface area contributed by atoms with Crippen LogP contribution in [0, 0.1) is 12.8 Å². The molecule has 0 saturated heterocycles. The van der Waals surface area contributed by atoms with Gasteiger partial charge in [-0.15, -0.1) is 10.2 Å². The molecule has 66 heavy (non-hydrogen) atoms. The number of nitrogens with one attached hydrogen (secondary N) is 5. The number of aryl methyl sites for hydroxylation is 2. The lowest BCUT2D eigenvalue weighted by molar-refractivity contribution is -0.145. The second-order valence-electron chi connectivity index (χ2n) is 15.4. The van der Waals surface area contributed by atoms with Gasteiger partial charge in [0.05, 0.1) is 24.9 Å². The molecule has 7 N–H and O–H groups in total. The zero-order valence-corrected chi connectivity index (χ0v) is 38.0. The number of ketones is 3. The Morgan fingerprint density at radius 3 is 2.03 bits per heavy atom. The Kier molecular flexibility index (Phi) is 27.0. The maximum Gasteiger partial charge on any atom is 0.326 e. The minimum atomic E-state index is -3.96. The molecule has 0 fully saturated rings. The number of aromatic nitrogens is 4. The van der Waals surface area contributed by atoms with Crippen LogP contribution >= 0.6 is 0 Å². The summed E-state index contributed by atoms with van der Waals surface area (Å²) in [5.41, 5.74) is 1.69. The van der Waals surface area contributed by atoms with Crippen molar-refractivity contribution in [3.05, 3.63) is 41.2 Å². The number of carboxylic acid groups (broad SMARTS) is 2. The molecular weight excluding hydrogens is 889 g/mol. The first-order valence-electron chi connectivity index (χ1n) is 21.8. The van der Waals surface area contributed by atoms with Crippen molar-refractivity contribution in [2.45, 2.75) is 116 Å². The molecule has 2 rings (SSSR count). The summed E-state index contributed by atoms with van der Waals surface area (Å²) in [7, 11) is -3.96. The summed E-state index contributed by atoms with van der Waals surface area (Å²) in [6.07, 6.45) is 0.269. The predicted molar refractivity (Wildman–Crippen MR) is 233 cm³/mol. The lowest BCUT2D eigenvalue weighted by atomic mass is 9.95. The van der Waals surface area contributed by atoms with E-state index >= 15 is 0 Å². The molecule has 0 aliphatic heterocycles. The van der Waals surface area contributed by atoms with Crippen molar-refractivity contribution in [2.75, 3.05) is 45.3 Å². The Morgan fingerprint density at radius 2 is 1.35 bits per heavy atom. The number of amides is 4. The van der Waals surface area contributed by atoms with Crippen LogP contribution in [0.3, 0.4) is 0 Å². The zero-order valence-electron chi connectivity index (χ0n) is 37.2. The standard InChI is InChI=1S/C42H62N8O15S/c1-29-13-15-30(16-14-29)35(53)9-4-22-44-40(57)28-65-25-24-64-23-5-8-32(51)18-19-34(42(60)61)45-38(55)20-17-31(41(58)59)27-33(52)7-3-21-43-37(54)12-6-26-66(62,63)48-39(56)11-2-10-36-46-49-50-47-36/h13-16,31,34H,2-12,17-28H2,1H3,(H,43,54)(H,44,57)(H,45,55)(H,48,56)(H,58,59)(H,60,61)(H,46,47,49,50)/t31-,34?/m1/s1. The number of hydrogen-bond donors (Lipinski definition) is 7. The molecule has 23 nitrogen and oxygen atoms in total. The fourth-order valence-corrected chi connectivity index (χ4v) is 7.19. The van der Waals surface area contributed by atoms with E-state index in [0.717, 1.165) is 5.56 Å². The van der Waals surface area contributed by atoms with Gasteiger partial charge in [0, 0.05) is 83.0 Å². The number of aromatic amines is 1. The van der Waals surface area contributed by atoms with Gasteiger partial charge in [-0.3, -0.25) is 43.1 Å². The molecule has 0 bridgehead atoms. The zero-order chi connectivity index (χ0) is 48.7. The number of tetrazole rings is 1. The van der Waals surface area contributed by atoms with Crippen molar-refractivity contribution in [3.8, 4) is 0 Å². The summed E-state index contributed by atoms with van der Waals surface area (Å²) in [6, 6.07) is 5.89. The van der Waals surface area contributed by atoms with E-state index in [4.69, 9.17) is 9.47 Å². The van der Waals surface area contributed by atoms with Gasteiger partial charge in [-0.2, -0.15) is 5.21 Å². The summed E-state index contributed by atoms with van der Waals surface area (Å²) < 4.78 is 37.0. The molecule has 2 aromatic rings. The number of aliphatic carboxylic acids is 2. The van der Waals surface area contributed by atoms with E-state index in [9.17, 15) is 61.8 Å². The first kappa shape index (κ1) is 56.1. The Labute approximate surface area is 382 Å². The number of ether oxygens (including phenoxy) is 2. The number of benzene rings is 1. The molecular formula is C42H62N8O15S. The maximum atomic E-state index is 12.5. The molecule has 0 aliphatic carbocycles. The fraction of sp³-hybridized carbons (Fsp3) is 0.619. The third kappa shape index (κ3) is 26.7. The van der Waals surface area contributed by atoms with Crippen molar-refractivity contribution >= 4 is 62.9 Å². The second-order valence-corrected chi connectivity index (χ2v) is 17.3. The highest BCUT2D eigenvalue weighted by Crippen LogP contribution is 2.15. The van der Waals surface area contributed by atoms with E-state index < -0.39 is 69.6 Å². The van der Waals surface area contributed by atoms with Crippen molar-refractivity contribution < 1.29 is 71.3 Å². The van der Waals surface area contributed by atoms with Gasteiger partial charge in [0.1, 0.15) is 24.2 Å². The van der Waals surface area contributed by atoms with Crippen LogP contribution in [0.25, 0.3) is 0 Å². The highest BCUT2D eigenvalue weighted by atomic mass is 32.2. The molecule has 0 aliphatic rings. The number of rotatable bonds is 38. The van der Waals surface area contributed by atoms with Crippen molar-refractivity contribution in [3.63, 3.8) is 0 Å². The molecule has 0 radical (unpaired) electrons. The summed E-state index contributed by atoms with van der Waals surface area (Å²) >= 11 is 0. The van der Waals surface area contributed by atoms with E-state index in [1.54, 1.807) is 12.1 Å². The molecule has 1 unspecified atom stereocenters. The lowest BCUT2D eigenvalue weighted by Gasteiger charge is -2.16. The summed E-state index contributed by atoms with van der Waals surface area (Å²) in [6.45, 7) is 2.68. The lowest BCUT2D eigenvalue weighted by Crippen LogP contribution is -2.41. The van der Waals surface area contributed by atoms with E-state index in [-0.39, 0.29) is 115 Å². The summed E-state index contributed by atoms with van der Waals surface area (Å²) in [5.74, 6) is -6.97. The third-order valence-electron chi connectivity index (χ3n) is 9.75. The highest BCUT2D eigenvalue weighted by molar-refractivity contribution is 7.90. The van der Waals surface area contributed by atoms with Gasteiger partial charge in [0.2, 0.25) is 33.7 Å². The van der Waals surface area contributed by atoms with Gasteiger partial charge >= 0.3 is 11.9 Å². The number of sulfonamides is 1. The summed E-state index contributed by atoms with van der Waals surface area (Å²) in [5, 5.41) is 39.8. The Morgan fingerprint density at radius 1 is 0.682 bits per heavy atom. The highest BCUT2D eigenvalue weighted by Gasteiger charge is 2.25. The van der Waals surface area contributed by atoms with E-state index in [2.05, 4.69) is 36.6 Å². The van der Waals surface area contributed by atoms with E-state index in [1.807, 2.05) is 23.8 Å². The number of carbonyl (C=O) groups is 9. The van der Waals surface area contributed by atoms with Crippen LogP contribution < -0.4 is 20.7 Å². The molecule has 1 aromatic heterocycles. The molecule has 366 valence electrons. The van der Waals surface area contributed by atoms with Crippen LogP contribution in [0.4, 0.5) is 0 Å². The van der Waals surface area contributed by atoms with Crippen LogP contribution in [0.2, 0.25) is 0 Å². The second kappa shape index (κ2) is 31.8. The van der Waals surface area contributed by atoms with Crippen LogP contribution in [-0.2, 0) is 64.3 Å². The number of H-pyrrole nitrogens is 1. The van der Waals surface area contributed by atoms with Crippen molar-refractivity contribution in [1.29, 1.82) is 0 Å². The summed E-state index contributed by atoms with van der Waals surface area (Å²) in [4.78, 5) is 109. The number of Topliss-reactive ketones (excluding diaryl/α,β-unsaturated/α-hetero) is 3. The molecule has 1 heterocycles. The Hall–Kier alpha value is -6.01. The fourth-order valence-electron chi connectivity index (χ4n) is 6.11. The monoisotopic (exact) mass is 950 g/mol. The normalized spacial score (nSPS) is 12.1. The SMILES string of the molecule is Cc1ccc(C(=O)CCCNC(=O)COCCOCCCC(=O)CCC(NC(=O)CC[C@H](CC(=O)CCCNC(=O)CCCS(=O)(=O)NC(=O)CCCc2nn[nH]n2)C(=O)O)C(=O)O)cc1. The van der Waals surface area contributed by atoms with Crippen LogP contribution in [0.15, 0.2) is 24.3 Å². The number of carbonyl (C=O) groups excluding carboxylic acids is 7. The van der Waals surface area contributed by atoms with Gasteiger partial charge in [0.25, 0.3) is 0 Å². The number of hydrogen-bond acceptors (Lipinski definition) is 16. The van der Waals surface area contributed by atoms with Gasteiger partial charge in [-0.05, 0) is 51.9 Å². The third-order valence-corrected chi connectivity index (χ3v) is 11.1. The van der Waals surface area contributed by atoms with E-state index in [0.29, 0.717) is 50.0 Å². The van der Waals surface area contributed by atoms with Gasteiger partial charge in [-0.1, -0.05) is 35.0 Å². The smallest absolute Gasteiger partial charge is 0.326 e. The minimum absolute atomic E-state index is 0.00375. The molecule has 0 saturated carbocycles. The number of nitrogens with zero attached hydrogens (tertiary/aromatic N) is 3. The molecule has 0 spiro atoms. The first-order valence-corrected chi connectivity index (χ1v) is 23.4. The van der Waals surface area contributed by atoms with E-state index in [1.165, 1.54) is 0 Å². The van der Waals surface area contributed by atoms with Gasteiger partial charge in [0.15, 0.2) is 11.6 Å². The quantitative estimate of drug-likeness (QED) is 0.0363. The molecule has 2 atom stereocenters. The van der Waals surface area contributed by atoms with Gasteiger partial charge in [-0.25, -0.2) is 13.2 Å². The van der Waals surface area contributed by atoms with Crippen molar-refractivity contribution in [2.24, 2.45) is 5.92 Å². The Balaban J connectivity index is 1.51. The van der Waals surface area contributed by atoms with Crippen LogP contribution in [0.5, 0.6) is 0 Å². The number of carboxylic acids is 2. The van der Waals surface area contributed by atoms with Crippen molar-refractivity contribution in [1.82, 2.24) is 41.3 Å². The minimum Gasteiger partial charge on any atom is -0.481 e. The van der Waals surface area contributed by atoms with Crippen LogP contribution in [-0.4, -0.2) is 143 Å². The largest absolute Gasteiger partial charge is 0.481 e. The molecule has 4 amide bonds. The Bertz CT molecular complexity index is 2000. The van der Waals surface area contributed by atoms with Crippen LogP contribution in [0.1, 0.15) is 118 Å². The molecule has 24 heteroatoms.